The van der Waals surface area contributed by atoms with Gasteiger partial charge in [-0.15, -0.1) is 0 Å². The summed E-state index contributed by atoms with van der Waals surface area (Å²) in [6.45, 7) is 4.72. The number of fused-ring (bicyclic) bond motifs is 11. The minimum Gasteiger partial charge on any atom is -0.456 e. The van der Waals surface area contributed by atoms with Crippen LogP contribution in [0.1, 0.15) is 25.0 Å². The maximum absolute atomic E-state index is 6.31. The molecule has 39 heavy (non-hydrogen) atoms. The summed E-state index contributed by atoms with van der Waals surface area (Å²) in [5.41, 5.74) is 10.9. The Morgan fingerprint density at radius 1 is 0.564 bits per heavy atom. The number of furan rings is 1. The van der Waals surface area contributed by atoms with Gasteiger partial charge in [0, 0.05) is 27.0 Å². The summed E-state index contributed by atoms with van der Waals surface area (Å²) in [7, 11) is 0. The minimum absolute atomic E-state index is 0.0557. The van der Waals surface area contributed by atoms with Crippen molar-refractivity contribution in [3.63, 3.8) is 0 Å². The van der Waals surface area contributed by atoms with E-state index < -0.39 is 0 Å². The number of benzene rings is 6. The molecule has 0 saturated heterocycles. The van der Waals surface area contributed by atoms with E-state index in [-0.39, 0.29) is 5.41 Å². The lowest BCUT2D eigenvalue weighted by Crippen LogP contribution is -2.14. The predicted octanol–water partition coefficient (Wildman–Crippen LogP) is 10.1. The van der Waals surface area contributed by atoms with E-state index in [1.807, 2.05) is 6.07 Å². The van der Waals surface area contributed by atoms with Gasteiger partial charge in [0.2, 0.25) is 0 Å². The normalized spacial score (nSPS) is 14.1. The molecule has 0 fully saturated rings. The Balaban J connectivity index is 1.48. The molecule has 0 spiro atoms. The van der Waals surface area contributed by atoms with E-state index in [1.165, 1.54) is 54.8 Å². The van der Waals surface area contributed by atoms with Gasteiger partial charge in [-0.1, -0.05) is 92.7 Å². The summed E-state index contributed by atoms with van der Waals surface area (Å²) >= 11 is 0. The second kappa shape index (κ2) is 7.18. The maximum atomic E-state index is 6.31. The highest BCUT2D eigenvalue weighted by atomic mass is 16.3. The van der Waals surface area contributed by atoms with Gasteiger partial charge in [-0.25, -0.2) is 0 Å². The van der Waals surface area contributed by atoms with E-state index in [0.717, 1.165) is 27.6 Å². The van der Waals surface area contributed by atoms with Crippen LogP contribution < -0.4 is 0 Å². The third-order valence-corrected chi connectivity index (χ3v) is 8.97. The Morgan fingerprint density at radius 3 is 2.26 bits per heavy atom. The SMILES string of the molecule is CC1(C)c2ccccc2-c2cc3ccc4c5ccccc5n(-c5cccc6oc7ccccc7c56)c4c3cc21. The largest absolute Gasteiger partial charge is 0.456 e. The minimum atomic E-state index is -0.0557. The molecule has 0 radical (unpaired) electrons. The van der Waals surface area contributed by atoms with Gasteiger partial charge >= 0.3 is 0 Å². The van der Waals surface area contributed by atoms with Crippen molar-refractivity contribution in [1.29, 1.82) is 0 Å². The van der Waals surface area contributed by atoms with Gasteiger partial charge in [0.15, 0.2) is 0 Å². The van der Waals surface area contributed by atoms with E-state index in [1.54, 1.807) is 0 Å². The monoisotopic (exact) mass is 499 g/mol. The van der Waals surface area contributed by atoms with E-state index in [9.17, 15) is 0 Å². The molecule has 1 aliphatic rings. The van der Waals surface area contributed by atoms with Crippen LogP contribution in [0.2, 0.25) is 0 Å². The molecule has 0 aliphatic heterocycles. The van der Waals surface area contributed by atoms with Crippen molar-refractivity contribution in [3.8, 4) is 16.8 Å². The number of rotatable bonds is 1. The zero-order valence-corrected chi connectivity index (χ0v) is 21.8. The molecule has 2 aromatic heterocycles. The molecule has 8 aromatic rings. The molecular formula is C37H25NO. The van der Waals surface area contributed by atoms with Crippen LogP contribution in [0.3, 0.4) is 0 Å². The fourth-order valence-electron chi connectivity index (χ4n) is 7.17. The zero-order valence-electron chi connectivity index (χ0n) is 21.8. The lowest BCUT2D eigenvalue weighted by molar-refractivity contribution is 0.661. The first kappa shape index (κ1) is 21.2. The highest BCUT2D eigenvalue weighted by Crippen LogP contribution is 2.51. The van der Waals surface area contributed by atoms with Crippen LogP contribution in [0, 0.1) is 0 Å². The Labute approximate surface area is 225 Å². The molecule has 0 N–H and O–H groups in total. The summed E-state index contributed by atoms with van der Waals surface area (Å²) < 4.78 is 8.78. The molecule has 2 nitrogen and oxygen atoms in total. The van der Waals surface area contributed by atoms with Crippen LogP contribution in [-0.4, -0.2) is 4.57 Å². The van der Waals surface area contributed by atoms with Crippen molar-refractivity contribution in [2.75, 3.05) is 0 Å². The van der Waals surface area contributed by atoms with Crippen molar-refractivity contribution >= 4 is 54.5 Å². The summed E-state index contributed by atoms with van der Waals surface area (Å²) in [5, 5.41) is 7.39. The fraction of sp³-hybridized carbons (Fsp3) is 0.0811. The Kier molecular flexibility index (Phi) is 3.89. The Morgan fingerprint density at radius 2 is 1.33 bits per heavy atom. The molecular weight excluding hydrogens is 474 g/mol. The highest BCUT2D eigenvalue weighted by Gasteiger charge is 2.35. The summed E-state index contributed by atoms with van der Waals surface area (Å²) in [6.07, 6.45) is 0. The molecule has 0 amide bonds. The first-order valence-corrected chi connectivity index (χ1v) is 13.6. The first-order valence-electron chi connectivity index (χ1n) is 13.6. The van der Waals surface area contributed by atoms with Gasteiger partial charge in [-0.3, -0.25) is 0 Å². The van der Waals surface area contributed by atoms with Gasteiger partial charge in [-0.2, -0.15) is 0 Å². The average Bonchev–Trinajstić information content (AvgIpc) is 3.59. The lowest BCUT2D eigenvalue weighted by atomic mass is 9.82. The number of para-hydroxylation sites is 2. The van der Waals surface area contributed by atoms with Crippen molar-refractivity contribution in [2.45, 2.75) is 19.3 Å². The van der Waals surface area contributed by atoms with Crippen molar-refractivity contribution in [2.24, 2.45) is 0 Å². The average molecular weight is 500 g/mol. The molecule has 0 unspecified atom stereocenters. The summed E-state index contributed by atoms with van der Waals surface area (Å²) in [6, 6.07) is 42.0. The molecule has 0 bridgehead atoms. The Hall–Kier alpha value is -4.82. The van der Waals surface area contributed by atoms with E-state index in [4.69, 9.17) is 4.42 Å². The smallest absolute Gasteiger partial charge is 0.137 e. The van der Waals surface area contributed by atoms with Crippen molar-refractivity contribution in [3.05, 3.63) is 126 Å². The van der Waals surface area contributed by atoms with E-state index in [2.05, 4.69) is 128 Å². The molecule has 9 rings (SSSR count). The Bertz CT molecular complexity index is 2310. The van der Waals surface area contributed by atoms with Gasteiger partial charge in [0.05, 0.1) is 22.1 Å². The summed E-state index contributed by atoms with van der Waals surface area (Å²) in [5.74, 6) is 0. The van der Waals surface area contributed by atoms with Crippen LogP contribution in [0.5, 0.6) is 0 Å². The number of hydrogen-bond donors (Lipinski definition) is 0. The van der Waals surface area contributed by atoms with Crippen molar-refractivity contribution in [1.82, 2.24) is 4.57 Å². The summed E-state index contributed by atoms with van der Waals surface area (Å²) in [4.78, 5) is 0. The molecule has 0 saturated carbocycles. The molecule has 1 aliphatic carbocycles. The first-order chi connectivity index (χ1) is 19.1. The molecule has 6 aromatic carbocycles. The second-order valence-corrected chi connectivity index (χ2v) is 11.4. The molecule has 0 atom stereocenters. The molecule has 184 valence electrons. The number of nitrogens with zero attached hydrogens (tertiary/aromatic N) is 1. The number of hydrogen-bond acceptors (Lipinski definition) is 1. The second-order valence-electron chi connectivity index (χ2n) is 11.4. The topological polar surface area (TPSA) is 18.1 Å². The standard InChI is InChI=1S/C37H25NO/c1-37(2)29-13-6-3-10-23(29)28-20-22-18-19-25-24-11-4-7-14-31(24)38(36(25)27(22)21-30(28)37)32-15-9-17-34-35(32)26-12-5-8-16-33(26)39-34/h3-21H,1-2H3. The van der Waals surface area contributed by atoms with Gasteiger partial charge in [0.1, 0.15) is 11.2 Å². The molecule has 2 heteroatoms. The van der Waals surface area contributed by atoms with Crippen LogP contribution in [-0.2, 0) is 5.41 Å². The van der Waals surface area contributed by atoms with Crippen LogP contribution in [0.4, 0.5) is 0 Å². The van der Waals surface area contributed by atoms with Crippen LogP contribution in [0.25, 0.3) is 71.3 Å². The van der Waals surface area contributed by atoms with E-state index in [0.29, 0.717) is 0 Å². The van der Waals surface area contributed by atoms with Gasteiger partial charge in [0.25, 0.3) is 0 Å². The van der Waals surface area contributed by atoms with Crippen LogP contribution >= 0.6 is 0 Å². The van der Waals surface area contributed by atoms with Crippen LogP contribution in [0.15, 0.2) is 120 Å². The van der Waals surface area contributed by atoms with Gasteiger partial charge in [-0.05, 0) is 64.0 Å². The quantitative estimate of drug-likeness (QED) is 0.220. The van der Waals surface area contributed by atoms with Crippen molar-refractivity contribution < 1.29 is 4.42 Å². The third kappa shape index (κ3) is 2.61. The molecule has 2 heterocycles. The van der Waals surface area contributed by atoms with Gasteiger partial charge < -0.3 is 8.98 Å². The zero-order chi connectivity index (χ0) is 25.9. The maximum Gasteiger partial charge on any atom is 0.137 e. The predicted molar refractivity (Wildman–Crippen MR) is 163 cm³/mol. The lowest BCUT2D eigenvalue weighted by Gasteiger charge is -2.22. The third-order valence-electron chi connectivity index (χ3n) is 8.97. The van der Waals surface area contributed by atoms with E-state index >= 15 is 0 Å². The fourth-order valence-corrected chi connectivity index (χ4v) is 7.17. The number of aromatic nitrogens is 1. The highest BCUT2D eigenvalue weighted by molar-refractivity contribution is 6.21.